The van der Waals surface area contributed by atoms with Gasteiger partial charge in [0.05, 0.1) is 25.9 Å². The van der Waals surface area contributed by atoms with Crippen LogP contribution in [0.25, 0.3) is 11.6 Å². The number of methoxy groups -OCH3 is 2. The first-order chi connectivity index (χ1) is 10.6. The van der Waals surface area contributed by atoms with Crippen molar-refractivity contribution in [3.63, 3.8) is 0 Å². The van der Waals surface area contributed by atoms with Crippen molar-refractivity contribution in [2.45, 2.75) is 0 Å². The molecule has 0 heterocycles. The minimum Gasteiger partial charge on any atom is -0.505 e. The first kappa shape index (κ1) is 15.4. The van der Waals surface area contributed by atoms with E-state index in [1.54, 1.807) is 18.2 Å². The van der Waals surface area contributed by atoms with Gasteiger partial charge in [0.2, 0.25) is 0 Å². The van der Waals surface area contributed by atoms with Gasteiger partial charge in [0.1, 0.15) is 0 Å². The summed E-state index contributed by atoms with van der Waals surface area (Å²) in [4.78, 5) is 0. The van der Waals surface area contributed by atoms with Crippen LogP contribution < -0.4 is 9.47 Å². The lowest BCUT2D eigenvalue weighted by Gasteiger charge is -2.09. The number of benzene rings is 2. The fourth-order valence-corrected chi connectivity index (χ4v) is 1.96. The highest BCUT2D eigenvalue weighted by molar-refractivity contribution is 5.90. The van der Waals surface area contributed by atoms with Gasteiger partial charge in [0.25, 0.3) is 0 Å². The monoisotopic (exact) mass is 299 g/mol. The molecule has 0 spiro atoms. The van der Waals surface area contributed by atoms with Crippen LogP contribution in [-0.4, -0.2) is 19.3 Å². The number of nitrogens with zero attached hydrogens (tertiary/aromatic N) is 1. The maximum absolute atomic E-state index is 13.4. The Morgan fingerprint density at radius 2 is 1.86 bits per heavy atom. The molecular formula is C17H14FNO3. The first-order valence-corrected chi connectivity index (χ1v) is 6.41. The molecule has 0 aliphatic heterocycles. The van der Waals surface area contributed by atoms with Gasteiger partial charge in [-0.1, -0.05) is 6.07 Å². The minimum atomic E-state index is -0.738. The molecule has 0 unspecified atom stereocenters. The van der Waals surface area contributed by atoms with Crippen molar-refractivity contribution in [2.75, 3.05) is 14.2 Å². The fraction of sp³-hybridized carbons (Fsp3) is 0.118. The second-order valence-electron chi connectivity index (χ2n) is 4.45. The van der Waals surface area contributed by atoms with Gasteiger partial charge < -0.3 is 14.6 Å². The Labute approximate surface area is 127 Å². The third-order valence-corrected chi connectivity index (χ3v) is 3.10. The summed E-state index contributed by atoms with van der Waals surface area (Å²) in [6.07, 6.45) is 1.53. The van der Waals surface area contributed by atoms with Crippen molar-refractivity contribution in [1.29, 1.82) is 5.26 Å². The summed E-state index contributed by atoms with van der Waals surface area (Å²) in [6.45, 7) is 0. The van der Waals surface area contributed by atoms with Crippen molar-refractivity contribution >= 4 is 11.6 Å². The largest absolute Gasteiger partial charge is 0.505 e. The third-order valence-electron chi connectivity index (χ3n) is 3.10. The van der Waals surface area contributed by atoms with Crippen LogP contribution >= 0.6 is 0 Å². The lowest BCUT2D eigenvalue weighted by Crippen LogP contribution is -1.92. The van der Waals surface area contributed by atoms with Gasteiger partial charge in [0, 0.05) is 0 Å². The maximum atomic E-state index is 13.4. The number of phenolic OH excluding ortho intramolecular Hbond substituents is 1. The van der Waals surface area contributed by atoms with Crippen LogP contribution in [0.15, 0.2) is 36.4 Å². The van der Waals surface area contributed by atoms with E-state index in [1.807, 2.05) is 0 Å². The van der Waals surface area contributed by atoms with Crippen molar-refractivity contribution < 1.29 is 19.0 Å². The zero-order valence-corrected chi connectivity index (χ0v) is 12.1. The van der Waals surface area contributed by atoms with E-state index in [1.165, 1.54) is 32.4 Å². The number of allylic oxidation sites excluding steroid dienone is 1. The number of ether oxygens (including phenoxy) is 2. The highest BCUT2D eigenvalue weighted by Crippen LogP contribution is 2.31. The smallest absolute Gasteiger partial charge is 0.165 e. The summed E-state index contributed by atoms with van der Waals surface area (Å²) in [6, 6.07) is 11.1. The first-order valence-electron chi connectivity index (χ1n) is 6.41. The van der Waals surface area contributed by atoms with E-state index in [-0.39, 0.29) is 0 Å². The molecule has 0 amide bonds. The standard InChI is InChI=1S/C17H14FNO3/c1-21-16-6-4-12(9-17(16)22-2)13(10-19)7-11-3-5-15(20)14(18)8-11/h3-9,20H,1-2H3/b13-7+. The van der Waals surface area contributed by atoms with E-state index in [0.717, 1.165) is 6.07 Å². The molecule has 0 fully saturated rings. The number of hydrogen-bond acceptors (Lipinski definition) is 4. The van der Waals surface area contributed by atoms with E-state index in [2.05, 4.69) is 6.07 Å². The molecular weight excluding hydrogens is 285 g/mol. The molecule has 2 rings (SSSR count). The predicted molar refractivity (Wildman–Crippen MR) is 81.1 cm³/mol. The zero-order valence-electron chi connectivity index (χ0n) is 12.1. The number of rotatable bonds is 4. The molecule has 22 heavy (non-hydrogen) atoms. The molecule has 0 saturated heterocycles. The molecule has 0 saturated carbocycles. The molecule has 0 atom stereocenters. The topological polar surface area (TPSA) is 62.5 Å². The van der Waals surface area contributed by atoms with E-state index >= 15 is 0 Å². The molecule has 0 aliphatic carbocycles. The second kappa shape index (κ2) is 6.64. The Morgan fingerprint density at radius 1 is 1.14 bits per heavy atom. The number of aromatic hydroxyl groups is 1. The van der Waals surface area contributed by atoms with Crippen molar-refractivity contribution in [3.8, 4) is 23.3 Å². The number of phenols is 1. The fourth-order valence-electron chi connectivity index (χ4n) is 1.96. The van der Waals surface area contributed by atoms with Gasteiger partial charge in [-0.15, -0.1) is 0 Å². The molecule has 1 N–H and O–H groups in total. The van der Waals surface area contributed by atoms with Crippen molar-refractivity contribution in [1.82, 2.24) is 0 Å². The molecule has 0 aromatic heterocycles. The van der Waals surface area contributed by atoms with Crippen molar-refractivity contribution in [3.05, 3.63) is 53.3 Å². The van der Waals surface area contributed by atoms with Crippen LogP contribution in [0.3, 0.4) is 0 Å². The Kier molecular flexibility index (Phi) is 4.64. The van der Waals surface area contributed by atoms with Gasteiger partial charge >= 0.3 is 0 Å². The highest BCUT2D eigenvalue weighted by atomic mass is 19.1. The minimum absolute atomic E-state index is 0.339. The molecule has 2 aromatic carbocycles. The molecule has 0 radical (unpaired) electrons. The summed E-state index contributed by atoms with van der Waals surface area (Å²) >= 11 is 0. The zero-order chi connectivity index (χ0) is 16.1. The van der Waals surface area contributed by atoms with E-state index < -0.39 is 11.6 Å². The van der Waals surface area contributed by atoms with Crippen molar-refractivity contribution in [2.24, 2.45) is 0 Å². The molecule has 5 heteroatoms. The summed E-state index contributed by atoms with van der Waals surface area (Å²) in [7, 11) is 3.03. The molecule has 4 nitrogen and oxygen atoms in total. The quantitative estimate of drug-likeness (QED) is 0.692. The SMILES string of the molecule is COc1ccc(/C(C#N)=C/c2ccc(O)c(F)c2)cc1OC. The van der Waals surface area contributed by atoms with Gasteiger partial charge in [-0.25, -0.2) is 4.39 Å². The Morgan fingerprint density at radius 3 is 2.45 bits per heavy atom. The highest BCUT2D eigenvalue weighted by Gasteiger charge is 2.08. The predicted octanol–water partition coefficient (Wildman–Crippen LogP) is 3.61. The van der Waals surface area contributed by atoms with Gasteiger partial charge in [0.15, 0.2) is 23.1 Å². The Bertz CT molecular complexity index is 763. The summed E-state index contributed by atoms with van der Waals surface area (Å²) in [5.41, 5.74) is 1.43. The molecule has 112 valence electrons. The third kappa shape index (κ3) is 3.18. The van der Waals surface area contributed by atoms with Gasteiger partial charge in [-0.2, -0.15) is 5.26 Å². The summed E-state index contributed by atoms with van der Waals surface area (Å²) < 4.78 is 23.7. The van der Waals surface area contributed by atoms with E-state index in [9.17, 15) is 14.8 Å². The number of nitriles is 1. The molecule has 0 aliphatic rings. The molecule has 2 aromatic rings. The Hall–Kier alpha value is -3.00. The lowest BCUT2D eigenvalue weighted by atomic mass is 10.0. The van der Waals surface area contributed by atoms with Gasteiger partial charge in [-0.3, -0.25) is 0 Å². The van der Waals surface area contributed by atoms with E-state index in [0.29, 0.717) is 28.2 Å². The van der Waals surface area contributed by atoms with Crippen LogP contribution in [0.5, 0.6) is 17.2 Å². The lowest BCUT2D eigenvalue weighted by molar-refractivity contribution is 0.355. The average Bonchev–Trinajstić information content (AvgIpc) is 2.55. The van der Waals surface area contributed by atoms with Crippen LogP contribution in [0.4, 0.5) is 4.39 Å². The Balaban J connectivity index is 2.45. The summed E-state index contributed by atoms with van der Waals surface area (Å²) in [5.74, 6) is -0.114. The average molecular weight is 299 g/mol. The van der Waals surface area contributed by atoms with Crippen LogP contribution in [0.2, 0.25) is 0 Å². The second-order valence-corrected chi connectivity index (χ2v) is 4.45. The molecule has 0 bridgehead atoms. The van der Waals surface area contributed by atoms with Crippen LogP contribution in [0, 0.1) is 17.1 Å². The number of hydrogen-bond donors (Lipinski definition) is 1. The summed E-state index contributed by atoms with van der Waals surface area (Å²) in [5, 5.41) is 18.5. The van der Waals surface area contributed by atoms with Crippen LogP contribution in [-0.2, 0) is 0 Å². The normalized spacial score (nSPS) is 10.9. The number of halogens is 1. The van der Waals surface area contributed by atoms with Crippen LogP contribution in [0.1, 0.15) is 11.1 Å². The maximum Gasteiger partial charge on any atom is 0.165 e. The van der Waals surface area contributed by atoms with E-state index in [4.69, 9.17) is 9.47 Å². The van der Waals surface area contributed by atoms with Gasteiger partial charge in [-0.05, 0) is 47.5 Å².